The van der Waals surface area contributed by atoms with E-state index in [0.717, 1.165) is 6.08 Å². The molecule has 0 saturated heterocycles. The lowest BCUT2D eigenvalue weighted by molar-refractivity contribution is -0.185. The maximum atomic E-state index is 12.2. The Morgan fingerprint density at radius 2 is 2.00 bits per heavy atom. The van der Waals surface area contributed by atoms with E-state index >= 15 is 0 Å². The van der Waals surface area contributed by atoms with Crippen LogP contribution in [0.15, 0.2) is 12.7 Å². The zero-order valence-corrected chi connectivity index (χ0v) is 9.42. The van der Waals surface area contributed by atoms with Crippen LogP contribution in [-0.2, 0) is 14.3 Å². The number of halogens is 3. The Labute approximate surface area is 97.0 Å². The number of hydrogen-bond acceptors (Lipinski definition) is 3. The van der Waals surface area contributed by atoms with Crippen molar-refractivity contribution in [3.8, 4) is 0 Å². The molecule has 0 aliphatic rings. The van der Waals surface area contributed by atoms with Crippen LogP contribution < -0.4 is 0 Å². The summed E-state index contributed by atoms with van der Waals surface area (Å²) in [4.78, 5) is 22.4. The molecule has 4 nitrogen and oxygen atoms in total. The van der Waals surface area contributed by atoms with Crippen molar-refractivity contribution in [2.24, 2.45) is 0 Å². The molecule has 17 heavy (non-hydrogen) atoms. The number of carbonyl (C=O) groups excluding carboxylic acids is 2. The molecule has 0 aromatic rings. The maximum Gasteiger partial charge on any atom is 0.471 e. The first-order valence-electron chi connectivity index (χ1n) is 4.95. The molecule has 98 valence electrons. The molecule has 0 heterocycles. The number of esters is 1. The monoisotopic (exact) mass is 253 g/mol. The fourth-order valence-electron chi connectivity index (χ4n) is 1.07. The zero-order chi connectivity index (χ0) is 13.5. The van der Waals surface area contributed by atoms with Gasteiger partial charge in [-0.25, -0.2) is 0 Å². The highest BCUT2D eigenvalue weighted by molar-refractivity contribution is 5.82. The number of carbonyl (C=O) groups is 2. The van der Waals surface area contributed by atoms with Gasteiger partial charge in [0.2, 0.25) is 0 Å². The van der Waals surface area contributed by atoms with Crippen LogP contribution in [0.4, 0.5) is 13.2 Å². The number of amides is 1. The molecular weight excluding hydrogens is 239 g/mol. The first-order chi connectivity index (χ1) is 7.82. The van der Waals surface area contributed by atoms with Crippen LogP contribution in [0.1, 0.15) is 13.3 Å². The Bertz CT molecular complexity index is 289. The van der Waals surface area contributed by atoms with Crippen molar-refractivity contribution in [2.45, 2.75) is 19.5 Å². The number of nitrogens with zero attached hydrogens (tertiary/aromatic N) is 1. The molecule has 0 atom stereocenters. The van der Waals surface area contributed by atoms with E-state index in [2.05, 4.69) is 11.3 Å². The second kappa shape index (κ2) is 6.93. The lowest BCUT2D eigenvalue weighted by Gasteiger charge is -2.21. The van der Waals surface area contributed by atoms with Crippen molar-refractivity contribution < 1.29 is 27.5 Å². The highest BCUT2D eigenvalue weighted by Crippen LogP contribution is 2.18. The van der Waals surface area contributed by atoms with Gasteiger partial charge in [-0.2, -0.15) is 13.2 Å². The molecule has 0 bridgehead atoms. The predicted molar refractivity (Wildman–Crippen MR) is 54.1 cm³/mol. The zero-order valence-electron chi connectivity index (χ0n) is 9.42. The van der Waals surface area contributed by atoms with E-state index in [1.54, 1.807) is 6.92 Å². The second-order valence-corrected chi connectivity index (χ2v) is 3.09. The highest BCUT2D eigenvalue weighted by Gasteiger charge is 2.42. The molecule has 7 heteroatoms. The SMILES string of the molecule is C=CCN(CCC(=O)OCC)C(=O)C(F)(F)F. The number of ether oxygens (including phenoxy) is 1. The average molecular weight is 253 g/mol. The van der Waals surface area contributed by atoms with Crippen molar-refractivity contribution in [1.29, 1.82) is 0 Å². The van der Waals surface area contributed by atoms with Crippen molar-refractivity contribution >= 4 is 11.9 Å². The Hall–Kier alpha value is -1.53. The normalized spacial score (nSPS) is 10.8. The van der Waals surface area contributed by atoms with E-state index in [4.69, 9.17) is 0 Å². The number of alkyl halides is 3. The highest BCUT2D eigenvalue weighted by atomic mass is 19.4. The Morgan fingerprint density at radius 1 is 1.41 bits per heavy atom. The Kier molecular flexibility index (Phi) is 6.30. The van der Waals surface area contributed by atoms with Gasteiger partial charge in [0.05, 0.1) is 13.0 Å². The minimum absolute atomic E-state index is 0.146. The van der Waals surface area contributed by atoms with E-state index in [1.165, 1.54) is 0 Å². The third-order valence-corrected chi connectivity index (χ3v) is 1.77. The van der Waals surface area contributed by atoms with Gasteiger partial charge < -0.3 is 9.64 Å². The van der Waals surface area contributed by atoms with Gasteiger partial charge in [0.1, 0.15) is 0 Å². The molecule has 0 aromatic heterocycles. The van der Waals surface area contributed by atoms with Crippen molar-refractivity contribution in [1.82, 2.24) is 4.90 Å². The summed E-state index contributed by atoms with van der Waals surface area (Å²) in [5, 5.41) is 0. The molecule has 0 fully saturated rings. The predicted octanol–water partition coefficient (Wildman–Crippen LogP) is 1.52. The van der Waals surface area contributed by atoms with E-state index < -0.39 is 18.1 Å². The number of rotatable bonds is 6. The van der Waals surface area contributed by atoms with E-state index in [0.29, 0.717) is 4.90 Å². The standard InChI is InChI=1S/C10H14F3NO3/c1-3-6-14(9(16)10(11,12)13)7-5-8(15)17-4-2/h3H,1,4-7H2,2H3. The number of hydrogen-bond donors (Lipinski definition) is 0. The van der Waals surface area contributed by atoms with Gasteiger partial charge in [-0.3, -0.25) is 9.59 Å². The van der Waals surface area contributed by atoms with Crippen LogP contribution in [0.25, 0.3) is 0 Å². The fraction of sp³-hybridized carbons (Fsp3) is 0.600. The van der Waals surface area contributed by atoms with Crippen LogP contribution in [0.2, 0.25) is 0 Å². The molecule has 0 spiro atoms. The first-order valence-corrected chi connectivity index (χ1v) is 4.95. The molecule has 0 aromatic carbocycles. The van der Waals surface area contributed by atoms with Gasteiger partial charge in [-0.15, -0.1) is 6.58 Å². The average Bonchev–Trinajstić information content (AvgIpc) is 2.22. The van der Waals surface area contributed by atoms with Gasteiger partial charge in [-0.05, 0) is 6.92 Å². The summed E-state index contributed by atoms with van der Waals surface area (Å²) < 4.78 is 41.0. The summed E-state index contributed by atoms with van der Waals surface area (Å²) in [6, 6.07) is 0. The van der Waals surface area contributed by atoms with Crippen LogP contribution in [0.3, 0.4) is 0 Å². The van der Waals surface area contributed by atoms with Gasteiger partial charge in [0, 0.05) is 13.1 Å². The third-order valence-electron chi connectivity index (χ3n) is 1.77. The largest absolute Gasteiger partial charge is 0.471 e. The molecule has 0 radical (unpaired) electrons. The second-order valence-electron chi connectivity index (χ2n) is 3.09. The van der Waals surface area contributed by atoms with Crippen LogP contribution in [0, 0.1) is 0 Å². The van der Waals surface area contributed by atoms with E-state index in [1.807, 2.05) is 0 Å². The quantitative estimate of drug-likeness (QED) is 0.532. The summed E-state index contributed by atoms with van der Waals surface area (Å²) in [6.45, 7) is 4.37. The summed E-state index contributed by atoms with van der Waals surface area (Å²) in [5.74, 6) is -2.63. The van der Waals surface area contributed by atoms with Crippen molar-refractivity contribution in [3.63, 3.8) is 0 Å². The molecule has 0 unspecified atom stereocenters. The molecule has 0 aliphatic heterocycles. The Morgan fingerprint density at radius 3 is 2.41 bits per heavy atom. The fourth-order valence-corrected chi connectivity index (χ4v) is 1.07. The van der Waals surface area contributed by atoms with Crippen molar-refractivity contribution in [2.75, 3.05) is 19.7 Å². The first kappa shape index (κ1) is 15.5. The minimum atomic E-state index is -4.95. The molecule has 0 rings (SSSR count). The molecular formula is C10H14F3NO3. The molecule has 0 aliphatic carbocycles. The van der Waals surface area contributed by atoms with Gasteiger partial charge in [0.15, 0.2) is 0 Å². The molecule has 1 amide bonds. The minimum Gasteiger partial charge on any atom is -0.466 e. The molecule has 0 saturated carbocycles. The summed E-state index contributed by atoms with van der Waals surface area (Å²) in [7, 11) is 0. The summed E-state index contributed by atoms with van der Waals surface area (Å²) >= 11 is 0. The van der Waals surface area contributed by atoms with Gasteiger partial charge >= 0.3 is 18.1 Å². The Balaban J connectivity index is 4.39. The van der Waals surface area contributed by atoms with Gasteiger partial charge in [0.25, 0.3) is 0 Å². The topological polar surface area (TPSA) is 46.6 Å². The van der Waals surface area contributed by atoms with Crippen LogP contribution in [0.5, 0.6) is 0 Å². The van der Waals surface area contributed by atoms with Gasteiger partial charge in [-0.1, -0.05) is 6.08 Å². The van der Waals surface area contributed by atoms with Crippen LogP contribution >= 0.6 is 0 Å². The maximum absolute atomic E-state index is 12.2. The van der Waals surface area contributed by atoms with Crippen molar-refractivity contribution in [3.05, 3.63) is 12.7 Å². The summed E-state index contributed by atoms with van der Waals surface area (Å²) in [5.41, 5.74) is 0. The smallest absolute Gasteiger partial charge is 0.466 e. The van der Waals surface area contributed by atoms with E-state index in [9.17, 15) is 22.8 Å². The van der Waals surface area contributed by atoms with E-state index in [-0.39, 0.29) is 26.1 Å². The lowest BCUT2D eigenvalue weighted by Crippen LogP contribution is -2.42. The summed E-state index contributed by atoms with van der Waals surface area (Å²) in [6.07, 6.45) is -4.06. The third kappa shape index (κ3) is 5.94. The lowest BCUT2D eigenvalue weighted by atomic mass is 10.3. The molecule has 0 N–H and O–H groups in total. The van der Waals surface area contributed by atoms with Crippen LogP contribution in [-0.4, -0.2) is 42.6 Å².